The van der Waals surface area contributed by atoms with E-state index in [4.69, 9.17) is 0 Å². The first kappa shape index (κ1) is 10.7. The van der Waals surface area contributed by atoms with Crippen molar-refractivity contribution in [2.75, 3.05) is 0 Å². The number of nitrogens with one attached hydrogen (secondary N) is 1. The van der Waals surface area contributed by atoms with Gasteiger partial charge in [-0.1, -0.05) is 0 Å². The van der Waals surface area contributed by atoms with E-state index in [9.17, 15) is 29.8 Å². The summed E-state index contributed by atoms with van der Waals surface area (Å²) in [5, 5.41) is 23.0. The smallest absolute Gasteiger partial charge is 0.288 e. The molecular weight excluding hydrogens is 234 g/mol. The number of rotatable bonds is 2. The number of nitrogens with zero attached hydrogens (tertiary/aromatic N) is 2. The van der Waals surface area contributed by atoms with E-state index in [1.165, 1.54) is 0 Å². The third-order valence-corrected chi connectivity index (χ3v) is 2.21. The maximum absolute atomic E-state index is 11.3. The van der Waals surface area contributed by atoms with Crippen LogP contribution in [0.15, 0.2) is 12.1 Å². The number of non-ortho nitro benzene ring substituents is 1. The van der Waals surface area contributed by atoms with E-state index in [0.29, 0.717) is 6.07 Å². The lowest BCUT2D eigenvalue weighted by molar-refractivity contribution is -0.394. The number of carbonyl (C=O) groups is 2. The molecule has 0 spiro atoms. The summed E-state index contributed by atoms with van der Waals surface area (Å²) in [6.07, 6.45) is 0. The summed E-state index contributed by atoms with van der Waals surface area (Å²) < 4.78 is 0. The van der Waals surface area contributed by atoms with Gasteiger partial charge in [0.15, 0.2) is 0 Å². The molecule has 1 N–H and O–H groups in total. The van der Waals surface area contributed by atoms with Crippen molar-refractivity contribution in [3.63, 3.8) is 0 Å². The van der Waals surface area contributed by atoms with Crippen LogP contribution in [0, 0.1) is 20.2 Å². The predicted molar refractivity (Wildman–Crippen MR) is 51.5 cm³/mol. The Kier molecular flexibility index (Phi) is 2.09. The van der Waals surface area contributed by atoms with Crippen LogP contribution < -0.4 is 5.32 Å². The van der Waals surface area contributed by atoms with Crippen LogP contribution in [-0.4, -0.2) is 21.7 Å². The quantitative estimate of drug-likeness (QED) is 0.449. The SMILES string of the molecule is O=C1NC(=O)c2c1cc([N+](=O)[O-])cc2[N+](=O)[O-]. The highest BCUT2D eigenvalue weighted by Gasteiger charge is 2.37. The van der Waals surface area contributed by atoms with Crippen molar-refractivity contribution >= 4 is 23.2 Å². The Balaban J connectivity index is 2.79. The maximum Gasteiger partial charge on any atom is 0.289 e. The van der Waals surface area contributed by atoms with Gasteiger partial charge in [-0.3, -0.25) is 35.1 Å². The average molecular weight is 237 g/mol. The Morgan fingerprint density at radius 3 is 2.18 bits per heavy atom. The van der Waals surface area contributed by atoms with Crippen LogP contribution in [-0.2, 0) is 0 Å². The van der Waals surface area contributed by atoms with Crippen LogP contribution >= 0.6 is 0 Å². The van der Waals surface area contributed by atoms with E-state index < -0.39 is 38.6 Å². The van der Waals surface area contributed by atoms with Crippen LogP contribution in [0.25, 0.3) is 0 Å². The summed E-state index contributed by atoms with van der Waals surface area (Å²) in [5.74, 6) is -1.80. The van der Waals surface area contributed by atoms with E-state index in [1.807, 2.05) is 5.32 Å². The van der Waals surface area contributed by atoms with Crippen LogP contribution in [0.2, 0.25) is 0 Å². The van der Waals surface area contributed by atoms with Crippen molar-refractivity contribution in [1.82, 2.24) is 5.32 Å². The highest BCUT2D eigenvalue weighted by atomic mass is 16.6. The van der Waals surface area contributed by atoms with Gasteiger partial charge in [0.2, 0.25) is 0 Å². The van der Waals surface area contributed by atoms with Gasteiger partial charge >= 0.3 is 0 Å². The molecule has 86 valence electrons. The van der Waals surface area contributed by atoms with Gasteiger partial charge < -0.3 is 0 Å². The lowest BCUT2D eigenvalue weighted by Gasteiger charge is -1.97. The van der Waals surface area contributed by atoms with Gasteiger partial charge in [-0.25, -0.2) is 0 Å². The zero-order valence-corrected chi connectivity index (χ0v) is 8.00. The summed E-state index contributed by atoms with van der Waals surface area (Å²) in [6.45, 7) is 0. The summed E-state index contributed by atoms with van der Waals surface area (Å²) in [6, 6.07) is 1.49. The third-order valence-electron chi connectivity index (χ3n) is 2.21. The predicted octanol–water partition coefficient (Wildman–Crippen LogP) is 0.387. The molecule has 0 saturated carbocycles. The minimum absolute atomic E-state index is 0.351. The number of imide groups is 1. The van der Waals surface area contributed by atoms with Gasteiger partial charge in [-0.15, -0.1) is 0 Å². The molecule has 9 nitrogen and oxygen atoms in total. The molecule has 1 aromatic carbocycles. The lowest BCUT2D eigenvalue weighted by atomic mass is 10.1. The number of benzene rings is 1. The van der Waals surface area contributed by atoms with Crippen LogP contribution in [0.3, 0.4) is 0 Å². The molecule has 0 atom stereocenters. The van der Waals surface area contributed by atoms with Crippen molar-refractivity contribution in [3.8, 4) is 0 Å². The highest BCUT2D eigenvalue weighted by Crippen LogP contribution is 2.31. The second-order valence-corrected chi connectivity index (χ2v) is 3.18. The van der Waals surface area contributed by atoms with Crippen molar-refractivity contribution < 1.29 is 19.4 Å². The molecule has 0 fully saturated rings. The van der Waals surface area contributed by atoms with E-state index >= 15 is 0 Å². The molecule has 2 amide bonds. The fourth-order valence-electron chi connectivity index (χ4n) is 1.51. The normalized spacial score (nSPS) is 13.2. The molecule has 0 aromatic heterocycles. The number of nitro benzene ring substituents is 2. The van der Waals surface area contributed by atoms with Crippen LogP contribution in [0.5, 0.6) is 0 Å². The van der Waals surface area contributed by atoms with E-state index in [0.717, 1.165) is 6.07 Å². The summed E-state index contributed by atoms with van der Waals surface area (Å²) >= 11 is 0. The average Bonchev–Trinajstić information content (AvgIpc) is 2.53. The molecule has 0 unspecified atom stereocenters. The molecule has 1 aliphatic rings. The zero-order valence-electron chi connectivity index (χ0n) is 8.00. The number of nitro groups is 2. The van der Waals surface area contributed by atoms with Gasteiger partial charge in [0.05, 0.1) is 21.5 Å². The Morgan fingerprint density at radius 1 is 1.00 bits per heavy atom. The number of amides is 2. The maximum atomic E-state index is 11.3. The largest absolute Gasteiger partial charge is 0.289 e. The Hall–Kier alpha value is -2.84. The molecule has 17 heavy (non-hydrogen) atoms. The molecule has 1 heterocycles. The van der Waals surface area contributed by atoms with Gasteiger partial charge in [-0.05, 0) is 0 Å². The Labute approximate surface area is 92.3 Å². The van der Waals surface area contributed by atoms with Gasteiger partial charge in [0.25, 0.3) is 23.2 Å². The topological polar surface area (TPSA) is 132 Å². The monoisotopic (exact) mass is 237 g/mol. The van der Waals surface area contributed by atoms with E-state index in [1.54, 1.807) is 0 Å². The van der Waals surface area contributed by atoms with Gasteiger partial charge in [-0.2, -0.15) is 0 Å². The third kappa shape index (κ3) is 1.49. The van der Waals surface area contributed by atoms with Crippen molar-refractivity contribution in [2.45, 2.75) is 0 Å². The van der Waals surface area contributed by atoms with Crippen molar-refractivity contribution in [1.29, 1.82) is 0 Å². The van der Waals surface area contributed by atoms with Gasteiger partial charge in [0.1, 0.15) is 5.56 Å². The molecule has 0 bridgehead atoms. The van der Waals surface area contributed by atoms with E-state index in [-0.39, 0.29) is 5.56 Å². The Morgan fingerprint density at radius 2 is 1.65 bits per heavy atom. The minimum atomic E-state index is -0.940. The number of carbonyl (C=O) groups excluding carboxylic acids is 2. The number of hydrogen-bond donors (Lipinski definition) is 1. The molecule has 2 rings (SSSR count). The fourth-order valence-corrected chi connectivity index (χ4v) is 1.51. The Bertz CT molecular complexity index is 593. The molecular formula is C8H3N3O6. The first-order chi connectivity index (χ1) is 7.91. The van der Waals surface area contributed by atoms with Crippen LogP contribution in [0.4, 0.5) is 11.4 Å². The molecule has 1 aliphatic heterocycles. The van der Waals surface area contributed by atoms with Crippen LogP contribution in [0.1, 0.15) is 20.7 Å². The summed E-state index contributed by atoms with van der Waals surface area (Å²) in [7, 11) is 0. The van der Waals surface area contributed by atoms with Crippen molar-refractivity contribution in [2.24, 2.45) is 0 Å². The fraction of sp³-hybridized carbons (Fsp3) is 0. The standard InChI is InChI=1S/C8H3N3O6/c12-7-4-1-3(10(14)15)2-5(11(16)17)6(4)8(13)9-7/h1-2H,(H,9,12,13). The second kappa shape index (κ2) is 3.33. The minimum Gasteiger partial charge on any atom is -0.288 e. The summed E-state index contributed by atoms with van der Waals surface area (Å²) in [4.78, 5) is 41.9. The van der Waals surface area contributed by atoms with E-state index in [2.05, 4.69) is 0 Å². The molecule has 0 radical (unpaired) electrons. The lowest BCUT2D eigenvalue weighted by Crippen LogP contribution is -2.20. The molecule has 1 aromatic rings. The summed E-state index contributed by atoms with van der Waals surface area (Å²) in [5.41, 5.74) is -2.15. The number of fused-ring (bicyclic) bond motifs is 1. The van der Waals surface area contributed by atoms with Gasteiger partial charge in [0, 0.05) is 6.07 Å². The molecule has 0 saturated heterocycles. The number of hydrogen-bond acceptors (Lipinski definition) is 6. The van der Waals surface area contributed by atoms with Crippen molar-refractivity contribution in [3.05, 3.63) is 43.5 Å². The molecule has 9 heteroatoms. The highest BCUT2D eigenvalue weighted by molar-refractivity contribution is 6.23. The first-order valence-electron chi connectivity index (χ1n) is 4.24. The first-order valence-corrected chi connectivity index (χ1v) is 4.24. The molecule has 0 aliphatic carbocycles. The zero-order chi connectivity index (χ0) is 12.7. The second-order valence-electron chi connectivity index (χ2n) is 3.18.